The normalized spacial score (nSPS) is 13.3. The highest BCUT2D eigenvalue weighted by atomic mass is 32.2. The van der Waals surface area contributed by atoms with Gasteiger partial charge in [-0.3, -0.25) is 0 Å². The van der Waals surface area contributed by atoms with Gasteiger partial charge >= 0.3 is 0 Å². The third kappa shape index (κ3) is 4.86. The molecule has 1 aromatic rings. The average molecular weight is 300 g/mol. The van der Waals surface area contributed by atoms with Crippen LogP contribution in [-0.2, 0) is 14.8 Å². The quantitative estimate of drug-likeness (QED) is 0.681. The van der Waals surface area contributed by atoms with Gasteiger partial charge in [0.15, 0.2) is 0 Å². The third-order valence-electron chi connectivity index (χ3n) is 3.03. The van der Waals surface area contributed by atoms with Gasteiger partial charge in [-0.1, -0.05) is 26.0 Å². The Hall–Kier alpha value is -0.950. The van der Waals surface area contributed by atoms with Gasteiger partial charge in [0.25, 0.3) is 0 Å². The maximum Gasteiger partial charge on any atom is 0.240 e. The molecule has 0 fully saturated rings. The van der Waals surface area contributed by atoms with Gasteiger partial charge in [-0.05, 0) is 30.7 Å². The number of rotatable bonds is 9. The van der Waals surface area contributed by atoms with E-state index in [-0.39, 0.29) is 12.6 Å². The smallest absolute Gasteiger partial charge is 0.240 e. The van der Waals surface area contributed by atoms with Crippen LogP contribution in [0.3, 0.4) is 0 Å². The van der Waals surface area contributed by atoms with Gasteiger partial charge in [-0.2, -0.15) is 0 Å². The summed E-state index contributed by atoms with van der Waals surface area (Å²) in [6.07, 6.45) is 0.911. The molecule has 114 valence electrons. The Bertz CT molecular complexity index is 503. The molecule has 0 saturated heterocycles. The van der Waals surface area contributed by atoms with Crippen LogP contribution < -0.4 is 10.0 Å². The Morgan fingerprint density at radius 3 is 2.65 bits per heavy atom. The minimum atomic E-state index is -3.47. The van der Waals surface area contributed by atoms with Crippen molar-refractivity contribution in [3.05, 3.63) is 29.8 Å². The second-order valence-electron chi connectivity index (χ2n) is 4.48. The molecule has 0 aromatic heterocycles. The average Bonchev–Trinajstić information content (AvgIpc) is 2.45. The SMILES string of the molecule is CCNC(CC)c1cccc(S(=O)(=O)NCCOC)c1. The Balaban J connectivity index is 2.91. The predicted molar refractivity (Wildman–Crippen MR) is 80.2 cm³/mol. The summed E-state index contributed by atoms with van der Waals surface area (Å²) >= 11 is 0. The molecule has 1 aromatic carbocycles. The van der Waals surface area contributed by atoms with Crippen molar-refractivity contribution in [1.29, 1.82) is 0 Å². The molecule has 0 saturated carbocycles. The third-order valence-corrected chi connectivity index (χ3v) is 4.49. The van der Waals surface area contributed by atoms with E-state index in [4.69, 9.17) is 4.74 Å². The Labute approximate surface area is 121 Å². The lowest BCUT2D eigenvalue weighted by molar-refractivity contribution is 0.204. The summed E-state index contributed by atoms with van der Waals surface area (Å²) in [5.74, 6) is 0. The second kappa shape index (κ2) is 8.36. The fourth-order valence-electron chi connectivity index (χ4n) is 2.00. The Morgan fingerprint density at radius 1 is 1.30 bits per heavy atom. The molecule has 1 atom stereocenters. The van der Waals surface area contributed by atoms with E-state index in [0.717, 1.165) is 18.5 Å². The van der Waals surface area contributed by atoms with Crippen molar-refractivity contribution in [2.24, 2.45) is 0 Å². The molecule has 0 amide bonds. The number of ether oxygens (including phenoxy) is 1. The first-order valence-electron chi connectivity index (χ1n) is 6.87. The second-order valence-corrected chi connectivity index (χ2v) is 6.25. The molecule has 0 aliphatic rings. The van der Waals surface area contributed by atoms with Crippen LogP contribution in [0.25, 0.3) is 0 Å². The molecule has 0 spiro atoms. The highest BCUT2D eigenvalue weighted by Crippen LogP contribution is 2.20. The summed E-state index contributed by atoms with van der Waals surface area (Å²) in [4.78, 5) is 0.294. The molecular formula is C14H24N2O3S. The van der Waals surface area contributed by atoms with E-state index >= 15 is 0 Å². The standard InChI is InChI=1S/C14H24N2O3S/c1-4-14(15-5-2)12-7-6-8-13(11-12)20(17,18)16-9-10-19-3/h6-8,11,14-16H,4-5,9-10H2,1-3H3. The number of benzene rings is 1. The molecule has 0 aliphatic heterocycles. The molecule has 1 unspecified atom stereocenters. The first-order chi connectivity index (χ1) is 9.55. The van der Waals surface area contributed by atoms with Gasteiger partial charge in [-0.15, -0.1) is 0 Å². The number of hydrogen-bond donors (Lipinski definition) is 2. The maximum absolute atomic E-state index is 12.1. The molecule has 6 heteroatoms. The van der Waals surface area contributed by atoms with Gasteiger partial charge in [-0.25, -0.2) is 13.1 Å². The molecule has 1 rings (SSSR count). The molecule has 20 heavy (non-hydrogen) atoms. The van der Waals surface area contributed by atoms with Crippen LogP contribution in [0.5, 0.6) is 0 Å². The van der Waals surface area contributed by atoms with Gasteiger partial charge < -0.3 is 10.1 Å². The molecule has 0 radical (unpaired) electrons. The fraction of sp³-hybridized carbons (Fsp3) is 0.571. The maximum atomic E-state index is 12.1. The van der Waals surface area contributed by atoms with E-state index in [1.165, 1.54) is 7.11 Å². The van der Waals surface area contributed by atoms with Crippen molar-refractivity contribution in [3.63, 3.8) is 0 Å². The summed E-state index contributed by atoms with van der Waals surface area (Å²) in [5, 5.41) is 3.34. The van der Waals surface area contributed by atoms with E-state index in [1.807, 2.05) is 13.0 Å². The van der Waals surface area contributed by atoms with Crippen molar-refractivity contribution >= 4 is 10.0 Å². The fourth-order valence-corrected chi connectivity index (χ4v) is 3.07. The van der Waals surface area contributed by atoms with Crippen LogP contribution >= 0.6 is 0 Å². The van der Waals surface area contributed by atoms with E-state index < -0.39 is 10.0 Å². The van der Waals surface area contributed by atoms with Gasteiger partial charge in [0.05, 0.1) is 11.5 Å². The predicted octanol–water partition coefficient (Wildman–Crippen LogP) is 1.67. The van der Waals surface area contributed by atoms with E-state index in [2.05, 4.69) is 17.0 Å². The number of sulfonamides is 1. The summed E-state index contributed by atoms with van der Waals surface area (Å²) in [7, 11) is -1.93. The zero-order valence-corrected chi connectivity index (χ0v) is 13.2. The zero-order valence-electron chi connectivity index (χ0n) is 12.3. The lowest BCUT2D eigenvalue weighted by Gasteiger charge is -2.17. The monoisotopic (exact) mass is 300 g/mol. The molecule has 0 heterocycles. The largest absolute Gasteiger partial charge is 0.383 e. The molecular weight excluding hydrogens is 276 g/mol. The first-order valence-corrected chi connectivity index (χ1v) is 8.35. The van der Waals surface area contributed by atoms with Crippen molar-refractivity contribution in [1.82, 2.24) is 10.0 Å². The topological polar surface area (TPSA) is 67.4 Å². The van der Waals surface area contributed by atoms with E-state index in [0.29, 0.717) is 11.5 Å². The van der Waals surface area contributed by atoms with Crippen molar-refractivity contribution in [2.45, 2.75) is 31.2 Å². The van der Waals surface area contributed by atoms with Crippen LogP contribution in [0, 0.1) is 0 Å². The Morgan fingerprint density at radius 2 is 2.05 bits per heavy atom. The van der Waals surface area contributed by atoms with Crippen molar-refractivity contribution in [2.75, 3.05) is 26.8 Å². The molecule has 2 N–H and O–H groups in total. The van der Waals surface area contributed by atoms with Gasteiger partial charge in [0, 0.05) is 19.7 Å². The van der Waals surface area contributed by atoms with Crippen molar-refractivity contribution in [3.8, 4) is 0 Å². The lowest BCUT2D eigenvalue weighted by Crippen LogP contribution is -2.27. The van der Waals surface area contributed by atoms with E-state index in [1.54, 1.807) is 18.2 Å². The van der Waals surface area contributed by atoms with Crippen LogP contribution in [-0.4, -0.2) is 35.2 Å². The van der Waals surface area contributed by atoms with Crippen LogP contribution in [0.1, 0.15) is 31.9 Å². The minimum Gasteiger partial charge on any atom is -0.383 e. The van der Waals surface area contributed by atoms with Gasteiger partial charge in [0.2, 0.25) is 10.0 Å². The number of methoxy groups -OCH3 is 1. The summed E-state index contributed by atoms with van der Waals surface area (Å²) in [6, 6.07) is 7.24. The first kappa shape index (κ1) is 17.1. The number of hydrogen-bond acceptors (Lipinski definition) is 4. The highest BCUT2D eigenvalue weighted by molar-refractivity contribution is 7.89. The van der Waals surface area contributed by atoms with Crippen LogP contribution in [0.2, 0.25) is 0 Å². The molecule has 0 aliphatic carbocycles. The lowest BCUT2D eigenvalue weighted by atomic mass is 10.0. The van der Waals surface area contributed by atoms with Crippen LogP contribution in [0.4, 0.5) is 0 Å². The van der Waals surface area contributed by atoms with Crippen LogP contribution in [0.15, 0.2) is 29.2 Å². The highest BCUT2D eigenvalue weighted by Gasteiger charge is 2.16. The Kier molecular flexibility index (Phi) is 7.15. The van der Waals surface area contributed by atoms with E-state index in [9.17, 15) is 8.42 Å². The zero-order chi connectivity index (χ0) is 15.0. The molecule has 0 bridgehead atoms. The van der Waals surface area contributed by atoms with Crippen molar-refractivity contribution < 1.29 is 13.2 Å². The minimum absolute atomic E-state index is 0.175. The summed E-state index contributed by atoms with van der Waals surface area (Å²) in [6.45, 7) is 5.59. The molecule has 5 nitrogen and oxygen atoms in total. The summed E-state index contributed by atoms with van der Waals surface area (Å²) < 4.78 is 31.6. The van der Waals surface area contributed by atoms with Gasteiger partial charge in [0.1, 0.15) is 0 Å². The number of nitrogens with one attached hydrogen (secondary N) is 2. The summed E-state index contributed by atoms with van der Waals surface area (Å²) in [5.41, 5.74) is 0.990.